The lowest BCUT2D eigenvalue weighted by Crippen LogP contribution is -2.36. The van der Waals surface area contributed by atoms with E-state index in [1.165, 1.54) is 31.2 Å². The van der Waals surface area contributed by atoms with E-state index in [1.807, 2.05) is 0 Å². The highest BCUT2D eigenvalue weighted by atomic mass is 19.4. The van der Waals surface area contributed by atoms with Crippen LogP contribution in [0.5, 0.6) is 5.75 Å². The van der Waals surface area contributed by atoms with Gasteiger partial charge in [0.1, 0.15) is 5.75 Å². The summed E-state index contributed by atoms with van der Waals surface area (Å²) >= 11 is 0. The summed E-state index contributed by atoms with van der Waals surface area (Å²) in [5, 5.41) is 9.52. The third kappa shape index (κ3) is 6.01. The summed E-state index contributed by atoms with van der Waals surface area (Å²) in [6, 6.07) is 4.56. The number of rotatable bonds is 6. The molecule has 0 heterocycles. The standard InChI is InChI=1S/C13H16F3NO4/c1-17(7-10(18)8-20-2)12(19)9-3-5-11(6-4-9)21-13(14,15)16/h3-6,10,18H,7-8H2,1-2H3. The zero-order chi connectivity index (χ0) is 16.0. The van der Waals surface area contributed by atoms with Crippen LogP contribution < -0.4 is 4.74 Å². The lowest BCUT2D eigenvalue weighted by molar-refractivity contribution is -0.274. The van der Waals surface area contributed by atoms with Crippen LogP contribution in [0.25, 0.3) is 0 Å². The Hall–Kier alpha value is -1.80. The van der Waals surface area contributed by atoms with Gasteiger partial charge in [0.15, 0.2) is 0 Å². The second kappa shape index (κ2) is 7.28. The molecule has 1 atom stereocenters. The van der Waals surface area contributed by atoms with Crippen LogP contribution >= 0.6 is 0 Å². The molecule has 0 saturated heterocycles. The zero-order valence-electron chi connectivity index (χ0n) is 11.6. The minimum atomic E-state index is -4.77. The minimum absolute atomic E-state index is 0.0491. The van der Waals surface area contributed by atoms with E-state index in [0.29, 0.717) is 0 Å². The number of amides is 1. The number of halogens is 3. The van der Waals surface area contributed by atoms with Crippen molar-refractivity contribution >= 4 is 5.91 Å². The highest BCUT2D eigenvalue weighted by molar-refractivity contribution is 5.94. The molecular weight excluding hydrogens is 291 g/mol. The predicted octanol–water partition coefficient (Wildman–Crippen LogP) is 1.66. The first-order chi connectivity index (χ1) is 9.73. The molecule has 0 aliphatic carbocycles. The topological polar surface area (TPSA) is 59.0 Å². The molecule has 21 heavy (non-hydrogen) atoms. The molecule has 0 aliphatic rings. The lowest BCUT2D eigenvalue weighted by atomic mass is 10.2. The van der Waals surface area contributed by atoms with E-state index in [4.69, 9.17) is 4.74 Å². The van der Waals surface area contributed by atoms with Crippen LogP contribution in [0.1, 0.15) is 10.4 Å². The summed E-state index contributed by atoms with van der Waals surface area (Å²) in [4.78, 5) is 13.2. The summed E-state index contributed by atoms with van der Waals surface area (Å²) in [5.74, 6) is -0.829. The van der Waals surface area contributed by atoms with E-state index in [1.54, 1.807) is 0 Å². The van der Waals surface area contributed by atoms with Crippen molar-refractivity contribution in [2.45, 2.75) is 12.5 Å². The van der Waals surface area contributed by atoms with Gasteiger partial charge in [0, 0.05) is 26.3 Å². The molecular formula is C13H16F3NO4. The van der Waals surface area contributed by atoms with E-state index in [9.17, 15) is 23.1 Å². The van der Waals surface area contributed by atoms with Gasteiger partial charge in [0.05, 0.1) is 12.7 Å². The molecule has 118 valence electrons. The van der Waals surface area contributed by atoms with Gasteiger partial charge in [-0.1, -0.05) is 0 Å². The van der Waals surface area contributed by atoms with Crippen molar-refractivity contribution in [1.82, 2.24) is 4.90 Å². The maximum Gasteiger partial charge on any atom is 0.573 e. The molecule has 0 fully saturated rings. The number of ether oxygens (including phenoxy) is 2. The van der Waals surface area contributed by atoms with E-state index in [2.05, 4.69) is 4.74 Å². The molecule has 8 heteroatoms. The number of aliphatic hydroxyl groups excluding tert-OH is 1. The molecule has 1 amide bonds. The number of carbonyl (C=O) groups excluding carboxylic acids is 1. The quantitative estimate of drug-likeness (QED) is 0.868. The summed E-state index contributed by atoms with van der Waals surface area (Å²) in [5.41, 5.74) is 0.191. The molecule has 5 nitrogen and oxygen atoms in total. The monoisotopic (exact) mass is 307 g/mol. The fourth-order valence-corrected chi connectivity index (χ4v) is 1.66. The maximum atomic E-state index is 12.0. The van der Waals surface area contributed by atoms with Gasteiger partial charge in [-0.2, -0.15) is 0 Å². The van der Waals surface area contributed by atoms with E-state index in [0.717, 1.165) is 12.1 Å². The Labute approximate surface area is 119 Å². The number of benzene rings is 1. The Morgan fingerprint density at radius 3 is 2.38 bits per heavy atom. The lowest BCUT2D eigenvalue weighted by Gasteiger charge is -2.20. The van der Waals surface area contributed by atoms with Crippen LogP contribution in [0.2, 0.25) is 0 Å². The van der Waals surface area contributed by atoms with Crippen LogP contribution in [0, 0.1) is 0 Å². The highest BCUT2D eigenvalue weighted by Crippen LogP contribution is 2.23. The van der Waals surface area contributed by atoms with Gasteiger partial charge in [0.25, 0.3) is 5.91 Å². The fraction of sp³-hybridized carbons (Fsp3) is 0.462. The van der Waals surface area contributed by atoms with Crippen molar-refractivity contribution in [2.24, 2.45) is 0 Å². The Bertz CT molecular complexity index is 461. The summed E-state index contributed by atoms with van der Waals surface area (Å²) in [7, 11) is 2.89. The third-order valence-electron chi connectivity index (χ3n) is 2.53. The van der Waals surface area contributed by atoms with Crippen LogP contribution in [0.4, 0.5) is 13.2 Å². The van der Waals surface area contributed by atoms with Gasteiger partial charge in [-0.25, -0.2) is 0 Å². The van der Waals surface area contributed by atoms with Crippen molar-refractivity contribution in [3.05, 3.63) is 29.8 Å². The average Bonchev–Trinajstić information content (AvgIpc) is 2.37. The van der Waals surface area contributed by atoms with Crippen LogP contribution in [-0.2, 0) is 4.74 Å². The highest BCUT2D eigenvalue weighted by Gasteiger charge is 2.31. The fourth-order valence-electron chi connectivity index (χ4n) is 1.66. The van der Waals surface area contributed by atoms with Gasteiger partial charge in [-0.15, -0.1) is 13.2 Å². The van der Waals surface area contributed by atoms with E-state index < -0.39 is 24.1 Å². The maximum absolute atomic E-state index is 12.0. The predicted molar refractivity (Wildman–Crippen MR) is 68.0 cm³/mol. The summed E-state index contributed by atoms with van der Waals surface area (Å²) in [6.07, 6.45) is -5.61. The molecule has 1 aromatic rings. The van der Waals surface area contributed by atoms with E-state index in [-0.39, 0.29) is 18.7 Å². The Kier molecular flexibility index (Phi) is 5.98. The number of hydrogen-bond donors (Lipinski definition) is 1. The smallest absolute Gasteiger partial charge is 0.406 e. The molecule has 0 aromatic heterocycles. The molecule has 1 rings (SSSR count). The SMILES string of the molecule is COCC(O)CN(C)C(=O)c1ccc(OC(F)(F)F)cc1. The normalized spacial score (nSPS) is 12.9. The molecule has 1 unspecified atom stereocenters. The van der Waals surface area contributed by atoms with Gasteiger partial charge in [-0.05, 0) is 24.3 Å². The number of aliphatic hydroxyl groups is 1. The number of carbonyl (C=O) groups is 1. The average molecular weight is 307 g/mol. The largest absolute Gasteiger partial charge is 0.573 e. The molecule has 0 bridgehead atoms. The minimum Gasteiger partial charge on any atom is -0.406 e. The zero-order valence-corrected chi connectivity index (χ0v) is 11.6. The van der Waals surface area contributed by atoms with Crippen molar-refractivity contribution in [2.75, 3.05) is 27.3 Å². The molecule has 1 N–H and O–H groups in total. The number of methoxy groups -OCH3 is 1. The summed E-state index contributed by atoms with van der Waals surface area (Å²) in [6.45, 7) is 0.128. The number of alkyl halides is 3. The van der Waals surface area contributed by atoms with Crippen LogP contribution in [0.15, 0.2) is 24.3 Å². The second-order valence-electron chi connectivity index (χ2n) is 4.37. The van der Waals surface area contributed by atoms with Gasteiger partial charge < -0.3 is 19.5 Å². The first kappa shape index (κ1) is 17.3. The molecule has 0 radical (unpaired) electrons. The number of nitrogens with zero attached hydrogens (tertiary/aromatic N) is 1. The van der Waals surface area contributed by atoms with Crippen molar-refractivity contribution in [1.29, 1.82) is 0 Å². The first-order valence-electron chi connectivity index (χ1n) is 6.01. The molecule has 0 saturated carbocycles. The van der Waals surface area contributed by atoms with E-state index >= 15 is 0 Å². The second-order valence-corrected chi connectivity index (χ2v) is 4.37. The third-order valence-corrected chi connectivity index (χ3v) is 2.53. The Morgan fingerprint density at radius 1 is 1.33 bits per heavy atom. The molecule has 0 spiro atoms. The van der Waals surface area contributed by atoms with Crippen LogP contribution in [0.3, 0.4) is 0 Å². The Balaban J connectivity index is 2.66. The number of likely N-dealkylation sites (N-methyl/N-ethyl adjacent to an activating group) is 1. The van der Waals surface area contributed by atoms with Crippen molar-refractivity contribution < 1.29 is 32.5 Å². The molecule has 1 aromatic carbocycles. The first-order valence-corrected chi connectivity index (χ1v) is 6.01. The Morgan fingerprint density at radius 2 is 1.90 bits per heavy atom. The summed E-state index contributed by atoms with van der Waals surface area (Å²) < 4.78 is 44.5. The molecule has 0 aliphatic heterocycles. The number of hydrogen-bond acceptors (Lipinski definition) is 4. The van der Waals surface area contributed by atoms with Gasteiger partial charge in [0.2, 0.25) is 0 Å². The van der Waals surface area contributed by atoms with Crippen LogP contribution in [-0.4, -0.2) is 55.7 Å². The van der Waals surface area contributed by atoms with Crippen molar-refractivity contribution in [3.63, 3.8) is 0 Å². The van der Waals surface area contributed by atoms with Gasteiger partial charge >= 0.3 is 6.36 Å². The van der Waals surface area contributed by atoms with Crippen molar-refractivity contribution in [3.8, 4) is 5.75 Å². The van der Waals surface area contributed by atoms with Gasteiger partial charge in [-0.3, -0.25) is 4.79 Å².